The molecule has 0 aromatic rings. The number of phosphoric acid groups is 1. The summed E-state index contributed by atoms with van der Waals surface area (Å²) in [5.41, 5.74) is 0. The highest BCUT2D eigenvalue weighted by Gasteiger charge is 2.23. The molecule has 0 radical (unpaired) electrons. The van der Waals surface area contributed by atoms with Gasteiger partial charge in [0, 0.05) is 6.42 Å². The third-order valence-corrected chi connectivity index (χ3v) is 15.6. The van der Waals surface area contributed by atoms with Crippen LogP contribution in [0.2, 0.25) is 0 Å². The summed E-state index contributed by atoms with van der Waals surface area (Å²) < 4.78 is 23.4. The molecule has 0 aliphatic rings. The van der Waals surface area contributed by atoms with E-state index in [0.717, 1.165) is 70.6 Å². The second-order valence-corrected chi connectivity index (χ2v) is 24.8. The Hall–Kier alpha value is -2.32. The monoisotopic (exact) mass is 1110 g/mol. The predicted octanol–water partition coefficient (Wildman–Crippen LogP) is 20.1. The number of carbonyl (C=O) groups is 1. The number of quaternary nitrogens is 1. The maximum absolute atomic E-state index is 13.0. The number of aliphatic hydroxyl groups excluding tert-OH is 1. The van der Waals surface area contributed by atoms with Gasteiger partial charge in [0.25, 0.3) is 7.82 Å². The Balaban J connectivity index is 4.15. The predicted molar refractivity (Wildman–Crippen MR) is 339 cm³/mol. The molecule has 1 amide bonds. The Morgan fingerprint density at radius 1 is 0.462 bits per heavy atom. The first-order valence-corrected chi connectivity index (χ1v) is 34.4. The summed E-state index contributed by atoms with van der Waals surface area (Å²) in [7, 11) is 1.24. The van der Waals surface area contributed by atoms with Crippen LogP contribution in [0.5, 0.6) is 0 Å². The van der Waals surface area contributed by atoms with Gasteiger partial charge in [-0.25, -0.2) is 0 Å². The number of nitrogens with zero attached hydrogens (tertiary/aromatic N) is 1. The van der Waals surface area contributed by atoms with Crippen molar-refractivity contribution < 1.29 is 32.9 Å². The molecule has 78 heavy (non-hydrogen) atoms. The van der Waals surface area contributed by atoms with Gasteiger partial charge >= 0.3 is 0 Å². The van der Waals surface area contributed by atoms with Crippen LogP contribution in [0, 0.1) is 0 Å². The maximum atomic E-state index is 13.0. The van der Waals surface area contributed by atoms with Crippen molar-refractivity contribution >= 4 is 13.7 Å². The fourth-order valence-electron chi connectivity index (χ4n) is 9.49. The highest BCUT2D eigenvalue weighted by atomic mass is 31.2. The van der Waals surface area contributed by atoms with Gasteiger partial charge < -0.3 is 28.8 Å². The second-order valence-electron chi connectivity index (χ2n) is 23.4. The summed E-state index contributed by atoms with van der Waals surface area (Å²) in [5.74, 6) is -0.207. The van der Waals surface area contributed by atoms with Crippen LogP contribution in [0.3, 0.4) is 0 Å². The van der Waals surface area contributed by atoms with Crippen LogP contribution < -0.4 is 10.2 Å². The lowest BCUT2D eigenvalue weighted by Gasteiger charge is -2.29. The third kappa shape index (κ3) is 61.3. The minimum Gasteiger partial charge on any atom is -0.756 e. The van der Waals surface area contributed by atoms with E-state index in [4.69, 9.17) is 9.05 Å². The van der Waals surface area contributed by atoms with E-state index in [-0.39, 0.29) is 12.5 Å². The zero-order valence-electron chi connectivity index (χ0n) is 51.9. The molecule has 0 rings (SSSR count). The average Bonchev–Trinajstić information content (AvgIpc) is 3.41. The van der Waals surface area contributed by atoms with E-state index in [9.17, 15) is 19.4 Å². The fourth-order valence-corrected chi connectivity index (χ4v) is 10.2. The number of hydrogen-bond donors (Lipinski definition) is 2. The van der Waals surface area contributed by atoms with Gasteiger partial charge in [0.15, 0.2) is 0 Å². The first kappa shape index (κ1) is 75.7. The molecule has 454 valence electrons. The highest BCUT2D eigenvalue weighted by Crippen LogP contribution is 2.38. The largest absolute Gasteiger partial charge is 0.756 e. The van der Waals surface area contributed by atoms with E-state index >= 15 is 0 Å². The zero-order valence-corrected chi connectivity index (χ0v) is 52.7. The summed E-state index contributed by atoms with van der Waals surface area (Å²) in [6, 6.07) is -0.909. The number of rotatable bonds is 60. The van der Waals surface area contributed by atoms with Crippen molar-refractivity contribution in [3.63, 3.8) is 0 Å². The number of hydrogen-bond acceptors (Lipinski definition) is 6. The van der Waals surface area contributed by atoms with Gasteiger partial charge in [-0.15, -0.1) is 0 Å². The Bertz CT molecular complexity index is 1550. The molecule has 0 saturated heterocycles. The van der Waals surface area contributed by atoms with Crippen molar-refractivity contribution in [3.8, 4) is 0 Å². The first-order valence-electron chi connectivity index (χ1n) is 32.9. The van der Waals surface area contributed by atoms with Crippen LogP contribution >= 0.6 is 7.82 Å². The zero-order chi connectivity index (χ0) is 57.0. The number of amides is 1. The molecular weight excluding hydrogens is 984 g/mol. The van der Waals surface area contributed by atoms with Crippen LogP contribution in [0.1, 0.15) is 296 Å². The molecule has 8 nitrogen and oxygen atoms in total. The minimum atomic E-state index is -4.61. The summed E-state index contributed by atoms with van der Waals surface area (Å²) in [6.45, 7) is 4.54. The fraction of sp³-hybridized carbons (Fsp3) is 0.783. The summed E-state index contributed by atoms with van der Waals surface area (Å²) in [5, 5.41) is 13.9. The van der Waals surface area contributed by atoms with E-state index in [1.807, 2.05) is 27.2 Å². The van der Waals surface area contributed by atoms with Gasteiger partial charge in [0.05, 0.1) is 39.9 Å². The number of likely N-dealkylation sites (N-methyl/N-ethyl adjacent to an activating group) is 1. The molecular formula is C69H127N2O6P. The Morgan fingerprint density at radius 3 is 1.19 bits per heavy atom. The standard InChI is InChI=1S/C69H127N2O6P/c1-6-8-10-12-14-16-18-20-22-24-26-28-30-32-33-34-35-36-37-39-41-43-45-47-49-51-53-55-57-59-61-63-69(73)70-67(66-77-78(74,75)76-65-64-71(3,4)5)68(72)62-60-58-56-54-52-50-48-46-44-42-40-38-31-29-27-25-23-21-19-17-15-13-11-9-7-2/h8,10,14,16,20,22,26,28,32-33,52,54,60,62,67-68,72H,6-7,9,11-13,15,17-19,21,23-25,27,29-31,34-51,53,55-59,61,63-66H2,1-5H3,(H-,70,73,74,75)/b10-8-,16-14-,22-20-,28-26-,33-32-,54-52+,62-60+. The number of nitrogens with one attached hydrogen (secondary N) is 1. The lowest BCUT2D eigenvalue weighted by atomic mass is 10.0. The van der Waals surface area contributed by atoms with Crippen molar-refractivity contribution in [2.24, 2.45) is 0 Å². The van der Waals surface area contributed by atoms with Gasteiger partial charge in [-0.2, -0.15) is 0 Å². The van der Waals surface area contributed by atoms with Crippen LogP contribution in [0.15, 0.2) is 85.1 Å². The Labute approximate surface area is 484 Å². The topological polar surface area (TPSA) is 108 Å². The van der Waals surface area contributed by atoms with Crippen LogP contribution in [0.4, 0.5) is 0 Å². The van der Waals surface area contributed by atoms with Crippen molar-refractivity contribution in [1.29, 1.82) is 0 Å². The number of allylic oxidation sites excluding steroid dienone is 13. The van der Waals surface area contributed by atoms with Gasteiger partial charge in [-0.3, -0.25) is 9.36 Å². The second kappa shape index (κ2) is 59.3. The molecule has 0 fully saturated rings. The molecule has 0 spiro atoms. The molecule has 0 saturated carbocycles. The van der Waals surface area contributed by atoms with Crippen molar-refractivity contribution in [2.75, 3.05) is 40.9 Å². The quantitative estimate of drug-likeness (QED) is 0.0272. The van der Waals surface area contributed by atoms with Crippen LogP contribution in [-0.4, -0.2) is 68.5 Å². The number of unbranched alkanes of at least 4 members (excludes halogenated alkanes) is 35. The van der Waals surface area contributed by atoms with E-state index in [2.05, 4.69) is 92.1 Å². The molecule has 3 atom stereocenters. The molecule has 0 bridgehead atoms. The summed E-state index contributed by atoms with van der Waals surface area (Å²) in [6.07, 6.45) is 84.0. The smallest absolute Gasteiger partial charge is 0.268 e. The molecule has 3 unspecified atom stereocenters. The lowest BCUT2D eigenvalue weighted by Crippen LogP contribution is -2.45. The Morgan fingerprint density at radius 2 is 0.795 bits per heavy atom. The molecule has 9 heteroatoms. The number of carbonyl (C=O) groups excluding carboxylic acids is 1. The molecule has 0 aliphatic carbocycles. The Kier molecular flexibility index (Phi) is 57.5. The first-order chi connectivity index (χ1) is 38.0. The van der Waals surface area contributed by atoms with E-state index in [0.29, 0.717) is 17.4 Å². The molecule has 0 aromatic heterocycles. The molecule has 0 heterocycles. The highest BCUT2D eigenvalue weighted by molar-refractivity contribution is 7.45. The third-order valence-electron chi connectivity index (χ3n) is 14.6. The number of phosphoric ester groups is 1. The van der Waals surface area contributed by atoms with E-state index in [1.54, 1.807) is 6.08 Å². The normalized spacial score (nSPS) is 14.3. The SMILES string of the molecule is CC/C=C\C/C=C\C/C=C\C/C=C\C/C=C\CCCCCCCCCCCCCCCCCC(=O)NC(COP(=O)([O-])OCC[N+](C)(C)C)C(O)/C=C/CC/C=C/CCCCCCCCCCCCCCCCCCCCC. The van der Waals surface area contributed by atoms with Gasteiger partial charge in [-0.05, 0) is 77.0 Å². The van der Waals surface area contributed by atoms with Gasteiger partial charge in [0.2, 0.25) is 5.91 Å². The molecule has 2 N–H and O–H groups in total. The van der Waals surface area contributed by atoms with E-state index < -0.39 is 26.6 Å². The minimum absolute atomic E-state index is 0.00842. The summed E-state index contributed by atoms with van der Waals surface area (Å²) in [4.78, 5) is 25.6. The summed E-state index contributed by atoms with van der Waals surface area (Å²) >= 11 is 0. The van der Waals surface area contributed by atoms with Gasteiger partial charge in [-0.1, -0.05) is 298 Å². The van der Waals surface area contributed by atoms with E-state index in [1.165, 1.54) is 205 Å². The van der Waals surface area contributed by atoms with Crippen molar-refractivity contribution in [3.05, 3.63) is 85.1 Å². The van der Waals surface area contributed by atoms with Crippen molar-refractivity contribution in [2.45, 2.75) is 309 Å². The lowest BCUT2D eigenvalue weighted by molar-refractivity contribution is -0.870. The average molecular weight is 1110 g/mol. The molecule has 0 aromatic carbocycles. The van der Waals surface area contributed by atoms with Crippen LogP contribution in [0.25, 0.3) is 0 Å². The number of aliphatic hydroxyl groups is 1. The van der Waals surface area contributed by atoms with Gasteiger partial charge in [0.1, 0.15) is 13.2 Å². The maximum Gasteiger partial charge on any atom is 0.268 e. The van der Waals surface area contributed by atoms with Crippen molar-refractivity contribution in [1.82, 2.24) is 5.32 Å². The molecule has 0 aliphatic heterocycles. The van der Waals surface area contributed by atoms with Crippen LogP contribution in [-0.2, 0) is 18.4 Å².